The third-order valence-electron chi connectivity index (χ3n) is 3.55. The van der Waals surface area contributed by atoms with Crippen LogP contribution in [0.3, 0.4) is 0 Å². The van der Waals surface area contributed by atoms with Gasteiger partial charge in [-0.25, -0.2) is 8.78 Å². The molecule has 3 heteroatoms. The molecule has 0 fully saturated rings. The lowest BCUT2D eigenvalue weighted by Gasteiger charge is -2.22. The van der Waals surface area contributed by atoms with Crippen LogP contribution >= 0.6 is 0 Å². The number of hydrogen-bond acceptors (Lipinski definition) is 1. The van der Waals surface area contributed by atoms with Gasteiger partial charge in [0.2, 0.25) is 0 Å². The van der Waals surface area contributed by atoms with Gasteiger partial charge >= 0.3 is 0 Å². The standard InChI is InChI=1S/C18H21F2N/c1-4-8-21-18(14-6-5-7-15(19)11-14)17-13(3)9-12(2)10-16(17)20/h5-7,9-11,18,21H,4,8H2,1-3H3. The Kier molecular flexibility index (Phi) is 5.07. The lowest BCUT2D eigenvalue weighted by atomic mass is 9.93. The minimum absolute atomic E-state index is 0.245. The fourth-order valence-electron chi connectivity index (χ4n) is 2.65. The van der Waals surface area contributed by atoms with Crippen LogP contribution in [0.15, 0.2) is 36.4 Å². The maximum atomic E-state index is 14.4. The summed E-state index contributed by atoms with van der Waals surface area (Å²) in [6, 6.07) is 9.51. The molecule has 1 atom stereocenters. The molecule has 2 aromatic rings. The van der Waals surface area contributed by atoms with E-state index in [2.05, 4.69) is 5.32 Å². The second-order valence-corrected chi connectivity index (χ2v) is 5.42. The molecule has 112 valence electrons. The van der Waals surface area contributed by atoms with Crippen LogP contribution < -0.4 is 5.32 Å². The van der Waals surface area contributed by atoms with E-state index < -0.39 is 0 Å². The lowest BCUT2D eigenvalue weighted by molar-refractivity contribution is 0.539. The zero-order valence-corrected chi connectivity index (χ0v) is 12.7. The molecule has 1 N–H and O–H groups in total. The Labute approximate surface area is 125 Å². The molecule has 0 aliphatic heterocycles. The topological polar surface area (TPSA) is 12.0 Å². The summed E-state index contributed by atoms with van der Waals surface area (Å²) in [7, 11) is 0. The highest BCUT2D eigenvalue weighted by atomic mass is 19.1. The predicted molar refractivity (Wildman–Crippen MR) is 82.4 cm³/mol. The zero-order chi connectivity index (χ0) is 15.4. The monoisotopic (exact) mass is 289 g/mol. The van der Waals surface area contributed by atoms with Gasteiger partial charge in [0.05, 0.1) is 6.04 Å². The molecule has 0 amide bonds. The van der Waals surface area contributed by atoms with Crippen molar-refractivity contribution in [3.63, 3.8) is 0 Å². The molecule has 0 aromatic heterocycles. The Bertz CT molecular complexity index is 599. The number of rotatable bonds is 5. The third kappa shape index (κ3) is 3.67. The first-order valence-corrected chi connectivity index (χ1v) is 7.28. The Hall–Kier alpha value is -1.74. The van der Waals surface area contributed by atoms with Crippen molar-refractivity contribution in [1.29, 1.82) is 0 Å². The van der Waals surface area contributed by atoms with Crippen molar-refractivity contribution in [3.05, 3.63) is 70.3 Å². The van der Waals surface area contributed by atoms with Crippen LogP contribution in [0.2, 0.25) is 0 Å². The number of hydrogen-bond donors (Lipinski definition) is 1. The number of benzene rings is 2. The van der Waals surface area contributed by atoms with E-state index in [1.165, 1.54) is 18.2 Å². The summed E-state index contributed by atoms with van der Waals surface area (Å²) in [5.41, 5.74) is 3.11. The largest absolute Gasteiger partial charge is 0.306 e. The summed E-state index contributed by atoms with van der Waals surface area (Å²) in [6.07, 6.45) is 0.929. The number of nitrogens with one attached hydrogen (secondary N) is 1. The summed E-state index contributed by atoms with van der Waals surface area (Å²) in [6.45, 7) is 6.56. The van der Waals surface area contributed by atoms with Gasteiger partial charge in [-0.15, -0.1) is 0 Å². The van der Waals surface area contributed by atoms with Gasteiger partial charge < -0.3 is 5.32 Å². The van der Waals surface area contributed by atoms with Crippen LogP contribution in [-0.4, -0.2) is 6.54 Å². The van der Waals surface area contributed by atoms with Crippen LogP contribution in [0.5, 0.6) is 0 Å². The molecule has 0 aliphatic rings. The van der Waals surface area contributed by atoms with E-state index in [4.69, 9.17) is 0 Å². The molecule has 0 spiro atoms. The molecule has 2 aromatic carbocycles. The summed E-state index contributed by atoms with van der Waals surface area (Å²) in [4.78, 5) is 0. The van der Waals surface area contributed by atoms with E-state index >= 15 is 0 Å². The van der Waals surface area contributed by atoms with E-state index in [-0.39, 0.29) is 17.7 Å². The molecule has 0 heterocycles. The number of halogens is 2. The van der Waals surface area contributed by atoms with Crippen molar-refractivity contribution in [1.82, 2.24) is 5.32 Å². The Morgan fingerprint density at radius 2 is 1.86 bits per heavy atom. The van der Waals surface area contributed by atoms with Crippen molar-refractivity contribution < 1.29 is 8.78 Å². The minimum Gasteiger partial charge on any atom is -0.306 e. The maximum Gasteiger partial charge on any atom is 0.128 e. The Balaban J connectivity index is 2.50. The molecule has 0 aliphatic carbocycles. The van der Waals surface area contributed by atoms with Gasteiger partial charge in [-0.3, -0.25) is 0 Å². The third-order valence-corrected chi connectivity index (χ3v) is 3.55. The van der Waals surface area contributed by atoms with Crippen LogP contribution in [-0.2, 0) is 0 Å². The fraction of sp³-hybridized carbons (Fsp3) is 0.333. The SMILES string of the molecule is CCCNC(c1cccc(F)c1)c1c(C)cc(C)cc1F. The van der Waals surface area contributed by atoms with Gasteiger partial charge in [0.25, 0.3) is 0 Å². The van der Waals surface area contributed by atoms with Gasteiger partial charge in [0.15, 0.2) is 0 Å². The molecular formula is C18H21F2N. The summed E-state index contributed by atoms with van der Waals surface area (Å²) in [5, 5.41) is 3.32. The van der Waals surface area contributed by atoms with Crippen LogP contribution in [0.4, 0.5) is 8.78 Å². The first kappa shape index (κ1) is 15.6. The maximum absolute atomic E-state index is 14.4. The molecular weight excluding hydrogens is 268 g/mol. The first-order valence-electron chi connectivity index (χ1n) is 7.28. The van der Waals surface area contributed by atoms with Crippen molar-refractivity contribution in [2.45, 2.75) is 33.2 Å². The second kappa shape index (κ2) is 6.81. The van der Waals surface area contributed by atoms with E-state index in [0.717, 1.165) is 29.7 Å². The Morgan fingerprint density at radius 1 is 1.10 bits per heavy atom. The highest BCUT2D eigenvalue weighted by Gasteiger charge is 2.20. The van der Waals surface area contributed by atoms with E-state index in [1.807, 2.05) is 32.9 Å². The quantitative estimate of drug-likeness (QED) is 0.843. The average molecular weight is 289 g/mol. The van der Waals surface area contributed by atoms with E-state index in [0.29, 0.717) is 5.56 Å². The summed E-state index contributed by atoms with van der Waals surface area (Å²) < 4.78 is 28.0. The normalized spacial score (nSPS) is 12.4. The van der Waals surface area contributed by atoms with Crippen molar-refractivity contribution >= 4 is 0 Å². The van der Waals surface area contributed by atoms with Gasteiger partial charge in [-0.2, -0.15) is 0 Å². The summed E-state index contributed by atoms with van der Waals surface area (Å²) in [5.74, 6) is -0.550. The van der Waals surface area contributed by atoms with Crippen molar-refractivity contribution in [2.24, 2.45) is 0 Å². The average Bonchev–Trinajstić information content (AvgIpc) is 2.41. The van der Waals surface area contributed by atoms with Crippen LogP contribution in [0.1, 0.15) is 41.6 Å². The van der Waals surface area contributed by atoms with Gasteiger partial charge in [0.1, 0.15) is 11.6 Å². The van der Waals surface area contributed by atoms with E-state index in [9.17, 15) is 8.78 Å². The Morgan fingerprint density at radius 3 is 2.48 bits per heavy atom. The van der Waals surface area contributed by atoms with Crippen LogP contribution in [0.25, 0.3) is 0 Å². The molecule has 0 saturated carbocycles. The lowest BCUT2D eigenvalue weighted by Crippen LogP contribution is -2.25. The molecule has 0 radical (unpaired) electrons. The molecule has 1 unspecified atom stereocenters. The van der Waals surface area contributed by atoms with Crippen LogP contribution in [0, 0.1) is 25.5 Å². The van der Waals surface area contributed by atoms with E-state index in [1.54, 1.807) is 6.07 Å². The van der Waals surface area contributed by atoms with Gasteiger partial charge in [-0.05, 0) is 61.7 Å². The molecule has 1 nitrogen and oxygen atoms in total. The minimum atomic E-state index is -0.332. The van der Waals surface area contributed by atoms with Crippen molar-refractivity contribution in [3.8, 4) is 0 Å². The zero-order valence-electron chi connectivity index (χ0n) is 12.7. The highest BCUT2D eigenvalue weighted by molar-refractivity contribution is 5.40. The molecule has 0 bridgehead atoms. The van der Waals surface area contributed by atoms with Gasteiger partial charge in [0, 0.05) is 5.56 Å². The van der Waals surface area contributed by atoms with Gasteiger partial charge in [-0.1, -0.05) is 25.1 Å². The molecule has 21 heavy (non-hydrogen) atoms. The molecule has 2 rings (SSSR count). The second-order valence-electron chi connectivity index (χ2n) is 5.42. The predicted octanol–water partition coefficient (Wildman–Crippen LogP) is 4.67. The highest BCUT2D eigenvalue weighted by Crippen LogP contribution is 2.28. The summed E-state index contributed by atoms with van der Waals surface area (Å²) >= 11 is 0. The first-order chi connectivity index (χ1) is 10.0. The smallest absolute Gasteiger partial charge is 0.128 e. The number of aryl methyl sites for hydroxylation is 2. The fourth-order valence-corrected chi connectivity index (χ4v) is 2.65. The van der Waals surface area contributed by atoms with Crippen molar-refractivity contribution in [2.75, 3.05) is 6.54 Å². The molecule has 0 saturated heterocycles.